The van der Waals surface area contributed by atoms with Crippen molar-refractivity contribution in [2.75, 3.05) is 33.0 Å². The van der Waals surface area contributed by atoms with Crippen LogP contribution < -0.4 is 5.73 Å². The fraction of sp³-hybridized carbons (Fsp3) is 0.804. The smallest absolute Gasteiger partial charge is 0.457 e. The molecule has 3 N–H and O–H groups in total. The van der Waals surface area contributed by atoms with Crippen LogP contribution in [0.5, 0.6) is 0 Å². The molecular weight excluding hydrogens is 709 g/mol. The van der Waals surface area contributed by atoms with E-state index in [0.717, 1.165) is 57.8 Å². The number of hydrogen-bond acceptors (Lipinski definition) is 7. The lowest BCUT2D eigenvalue weighted by molar-refractivity contribution is -0.154. The molecular formula is C46H86NO7P. The number of ether oxygens (including phenoxy) is 2. The van der Waals surface area contributed by atoms with E-state index < -0.39 is 13.9 Å². The zero-order valence-corrected chi connectivity index (χ0v) is 36.6. The molecule has 0 saturated heterocycles. The van der Waals surface area contributed by atoms with Gasteiger partial charge in [-0.25, -0.2) is 4.57 Å². The summed E-state index contributed by atoms with van der Waals surface area (Å²) in [5, 5.41) is 0. The van der Waals surface area contributed by atoms with Crippen molar-refractivity contribution in [1.82, 2.24) is 0 Å². The van der Waals surface area contributed by atoms with Crippen molar-refractivity contribution in [3.8, 4) is 0 Å². The van der Waals surface area contributed by atoms with Crippen molar-refractivity contribution in [1.29, 1.82) is 0 Å². The van der Waals surface area contributed by atoms with Crippen LogP contribution in [0.3, 0.4) is 0 Å². The van der Waals surface area contributed by atoms with Crippen LogP contribution in [0.25, 0.3) is 0 Å². The Morgan fingerprint density at radius 1 is 0.564 bits per heavy atom. The molecule has 0 aromatic carbocycles. The van der Waals surface area contributed by atoms with Crippen molar-refractivity contribution in [2.24, 2.45) is 5.73 Å². The Kier molecular flexibility index (Phi) is 42.4. The maximum Gasteiger partial charge on any atom is 0.472 e. The van der Waals surface area contributed by atoms with E-state index in [1.165, 1.54) is 122 Å². The summed E-state index contributed by atoms with van der Waals surface area (Å²) < 4.78 is 33.5. The Bertz CT molecular complexity index is 983. The van der Waals surface area contributed by atoms with E-state index in [-0.39, 0.29) is 32.3 Å². The molecule has 0 radical (unpaired) electrons. The van der Waals surface area contributed by atoms with Crippen molar-refractivity contribution < 1.29 is 32.8 Å². The maximum atomic E-state index is 12.6. The van der Waals surface area contributed by atoms with E-state index in [1.807, 2.05) is 0 Å². The fourth-order valence-electron chi connectivity index (χ4n) is 6.18. The lowest BCUT2D eigenvalue weighted by Crippen LogP contribution is -2.28. The number of phosphoric acid groups is 1. The van der Waals surface area contributed by atoms with Gasteiger partial charge in [0.05, 0.1) is 19.8 Å². The summed E-state index contributed by atoms with van der Waals surface area (Å²) in [4.78, 5) is 22.5. The fourth-order valence-corrected chi connectivity index (χ4v) is 6.95. The molecule has 0 rings (SSSR count). The highest BCUT2D eigenvalue weighted by atomic mass is 31.2. The molecule has 0 aliphatic carbocycles. The maximum absolute atomic E-state index is 12.6. The van der Waals surface area contributed by atoms with Gasteiger partial charge in [0.1, 0.15) is 6.10 Å². The standard InChI is InChI=1S/C46H86NO7P/c1-3-5-7-9-11-13-15-17-19-21-23-25-27-29-31-33-35-37-39-46(48)54-45(44-53-55(49,50)52-42-40-47)43-51-41-38-36-34-32-30-28-26-24-22-20-18-16-14-12-10-8-6-4-2/h6,8,12,14,18-21,45H,3-5,7,9-11,13,15-17,22-44,47H2,1-2H3,(H,49,50)/b8-6-,14-12-,20-18-,21-19-. The van der Waals surface area contributed by atoms with Gasteiger partial charge in [-0.15, -0.1) is 0 Å². The van der Waals surface area contributed by atoms with Gasteiger partial charge in [0.15, 0.2) is 0 Å². The first-order valence-electron chi connectivity index (χ1n) is 22.6. The van der Waals surface area contributed by atoms with Crippen LogP contribution in [-0.4, -0.2) is 49.9 Å². The van der Waals surface area contributed by atoms with E-state index in [1.54, 1.807) is 0 Å². The zero-order valence-electron chi connectivity index (χ0n) is 35.7. The van der Waals surface area contributed by atoms with Crippen LogP contribution in [-0.2, 0) is 27.9 Å². The third kappa shape index (κ3) is 43.4. The van der Waals surface area contributed by atoms with Gasteiger partial charge < -0.3 is 20.1 Å². The third-order valence-electron chi connectivity index (χ3n) is 9.48. The quantitative estimate of drug-likeness (QED) is 0.0271. The summed E-state index contributed by atoms with van der Waals surface area (Å²) in [5.41, 5.74) is 5.37. The molecule has 2 unspecified atom stereocenters. The molecule has 0 bridgehead atoms. The van der Waals surface area contributed by atoms with Gasteiger partial charge in [0.25, 0.3) is 0 Å². The van der Waals surface area contributed by atoms with Crippen LogP contribution in [0.4, 0.5) is 0 Å². The van der Waals surface area contributed by atoms with Gasteiger partial charge in [0.2, 0.25) is 0 Å². The van der Waals surface area contributed by atoms with E-state index in [0.29, 0.717) is 13.0 Å². The van der Waals surface area contributed by atoms with E-state index >= 15 is 0 Å². The highest BCUT2D eigenvalue weighted by Gasteiger charge is 2.25. The number of allylic oxidation sites excluding steroid dienone is 8. The Morgan fingerprint density at radius 3 is 1.55 bits per heavy atom. The minimum absolute atomic E-state index is 0.0971. The molecule has 0 fully saturated rings. The Labute approximate surface area is 339 Å². The summed E-state index contributed by atoms with van der Waals surface area (Å²) in [6, 6.07) is 0. The van der Waals surface area contributed by atoms with Gasteiger partial charge in [-0.3, -0.25) is 13.8 Å². The van der Waals surface area contributed by atoms with Crippen LogP contribution in [0.2, 0.25) is 0 Å². The molecule has 0 amide bonds. The SMILES string of the molecule is CC/C=C\C/C=C\C/C=C\CCCCCCCCCCOCC(COP(=O)(O)OCCN)OC(=O)CCCCCCCCC/C=C\CCCCCCCCC. The van der Waals surface area contributed by atoms with Crippen LogP contribution in [0, 0.1) is 0 Å². The molecule has 0 aliphatic rings. The summed E-state index contributed by atoms with van der Waals surface area (Å²) in [7, 11) is -4.28. The lowest BCUT2D eigenvalue weighted by Gasteiger charge is -2.20. The molecule has 2 atom stereocenters. The second-order valence-electron chi connectivity index (χ2n) is 14.9. The number of carbonyl (C=O) groups excluding carboxylic acids is 1. The van der Waals surface area contributed by atoms with Crippen LogP contribution in [0.1, 0.15) is 200 Å². The first-order chi connectivity index (χ1) is 26.9. The number of hydrogen-bond donors (Lipinski definition) is 2. The number of carbonyl (C=O) groups is 1. The van der Waals surface area contributed by atoms with Gasteiger partial charge >= 0.3 is 13.8 Å². The minimum atomic E-state index is -4.28. The second kappa shape index (κ2) is 43.6. The van der Waals surface area contributed by atoms with Gasteiger partial charge in [-0.05, 0) is 70.6 Å². The monoisotopic (exact) mass is 796 g/mol. The van der Waals surface area contributed by atoms with Crippen molar-refractivity contribution in [3.05, 3.63) is 48.6 Å². The Morgan fingerprint density at radius 2 is 1.02 bits per heavy atom. The summed E-state index contributed by atoms with van der Waals surface area (Å²) in [5.74, 6) is -0.338. The number of unbranched alkanes of at least 4 members (excludes halogenated alkanes) is 22. The molecule has 0 aromatic heterocycles. The first kappa shape index (κ1) is 53.5. The van der Waals surface area contributed by atoms with Crippen molar-refractivity contribution in [2.45, 2.75) is 206 Å². The predicted molar refractivity (Wildman–Crippen MR) is 233 cm³/mol. The summed E-state index contributed by atoms with van der Waals surface area (Å²) >= 11 is 0. The summed E-state index contributed by atoms with van der Waals surface area (Å²) in [6.45, 7) is 4.80. The number of nitrogens with two attached hydrogens (primary N) is 1. The minimum Gasteiger partial charge on any atom is -0.457 e. The predicted octanol–water partition coefficient (Wildman–Crippen LogP) is 13.6. The average molecular weight is 796 g/mol. The zero-order chi connectivity index (χ0) is 40.2. The highest BCUT2D eigenvalue weighted by molar-refractivity contribution is 7.47. The molecule has 55 heavy (non-hydrogen) atoms. The van der Waals surface area contributed by atoms with Crippen LogP contribution in [0.15, 0.2) is 48.6 Å². The van der Waals surface area contributed by atoms with Crippen molar-refractivity contribution in [3.63, 3.8) is 0 Å². The third-order valence-corrected chi connectivity index (χ3v) is 10.5. The number of esters is 1. The highest BCUT2D eigenvalue weighted by Crippen LogP contribution is 2.43. The lowest BCUT2D eigenvalue weighted by atomic mass is 10.1. The van der Waals surface area contributed by atoms with E-state index in [4.69, 9.17) is 24.3 Å². The normalized spacial score (nSPS) is 13.9. The molecule has 0 saturated carbocycles. The molecule has 322 valence electrons. The molecule has 0 aromatic rings. The summed E-state index contributed by atoms with van der Waals surface area (Å²) in [6.07, 6.45) is 51.3. The Hall–Kier alpha value is -1.54. The number of phosphoric ester groups is 1. The van der Waals surface area contributed by atoms with Gasteiger partial charge in [-0.2, -0.15) is 0 Å². The molecule has 8 nitrogen and oxygen atoms in total. The average Bonchev–Trinajstić information content (AvgIpc) is 3.17. The van der Waals surface area contributed by atoms with Gasteiger partial charge in [0, 0.05) is 19.6 Å². The van der Waals surface area contributed by atoms with Crippen molar-refractivity contribution >= 4 is 13.8 Å². The Balaban J connectivity index is 4.02. The second-order valence-corrected chi connectivity index (χ2v) is 16.3. The van der Waals surface area contributed by atoms with Crippen LogP contribution >= 0.6 is 7.82 Å². The van der Waals surface area contributed by atoms with E-state index in [2.05, 4.69) is 62.5 Å². The molecule has 0 spiro atoms. The first-order valence-corrected chi connectivity index (χ1v) is 24.1. The molecule has 0 aliphatic heterocycles. The topological polar surface area (TPSA) is 117 Å². The van der Waals surface area contributed by atoms with E-state index in [9.17, 15) is 14.3 Å². The van der Waals surface area contributed by atoms with Gasteiger partial charge in [-0.1, -0.05) is 172 Å². The number of rotatable bonds is 43. The molecule has 0 heterocycles. The largest absolute Gasteiger partial charge is 0.472 e. The molecule has 9 heteroatoms.